The van der Waals surface area contributed by atoms with Crippen molar-refractivity contribution in [3.8, 4) is 0 Å². The number of nitrogens with one attached hydrogen (secondary N) is 2. The molecule has 0 radical (unpaired) electrons. The average molecular weight is 439 g/mol. The topological polar surface area (TPSA) is 97.6 Å². The van der Waals surface area contributed by atoms with Crippen LogP contribution in [0.25, 0.3) is 0 Å². The molecule has 1 aromatic heterocycles. The van der Waals surface area contributed by atoms with E-state index in [-0.39, 0.29) is 16.7 Å². The van der Waals surface area contributed by atoms with Crippen LogP contribution in [0.5, 0.6) is 0 Å². The molecular weight excluding hydrogens is 411 g/mol. The summed E-state index contributed by atoms with van der Waals surface area (Å²) in [6.45, 7) is 6.51. The minimum Gasteiger partial charge on any atom is -0.438 e. The lowest BCUT2D eigenvalue weighted by molar-refractivity contribution is 0.0484. The van der Waals surface area contributed by atoms with Crippen LogP contribution < -0.4 is 10.0 Å². The molecule has 0 spiro atoms. The Labute approximate surface area is 176 Å². The molecule has 1 aliphatic heterocycles. The first-order valence-electron chi connectivity index (χ1n) is 9.77. The number of halogens is 1. The summed E-state index contributed by atoms with van der Waals surface area (Å²) in [5.74, 6) is -0.927. The minimum absolute atomic E-state index is 0.0920. The summed E-state index contributed by atoms with van der Waals surface area (Å²) in [7, 11) is -3.87. The largest absolute Gasteiger partial charge is 0.438 e. The van der Waals surface area contributed by atoms with Crippen molar-refractivity contribution in [1.82, 2.24) is 10.0 Å². The first-order chi connectivity index (χ1) is 14.0. The van der Waals surface area contributed by atoms with Gasteiger partial charge >= 0.3 is 0 Å². The SMILES string of the molecule is CC(C)(C)NS(=O)(=O)c1ccc(C(=O)NCC2(c3ccc(F)cc3)CCOCC2)o1. The lowest BCUT2D eigenvalue weighted by Crippen LogP contribution is -2.44. The van der Waals surface area contributed by atoms with Gasteiger partial charge in [-0.1, -0.05) is 12.1 Å². The van der Waals surface area contributed by atoms with Crippen LogP contribution in [-0.4, -0.2) is 39.6 Å². The molecule has 1 saturated heterocycles. The number of furan rings is 1. The van der Waals surface area contributed by atoms with Gasteiger partial charge in [-0.05, 0) is 63.4 Å². The molecule has 164 valence electrons. The zero-order valence-electron chi connectivity index (χ0n) is 17.3. The van der Waals surface area contributed by atoms with E-state index >= 15 is 0 Å². The third kappa shape index (κ3) is 5.27. The second-order valence-corrected chi connectivity index (χ2v) is 10.2. The van der Waals surface area contributed by atoms with E-state index in [9.17, 15) is 17.6 Å². The van der Waals surface area contributed by atoms with Crippen molar-refractivity contribution in [2.24, 2.45) is 0 Å². The van der Waals surface area contributed by atoms with Crippen LogP contribution in [0, 0.1) is 5.82 Å². The van der Waals surface area contributed by atoms with Gasteiger partial charge in [-0.3, -0.25) is 4.79 Å². The fourth-order valence-electron chi connectivity index (χ4n) is 3.51. The highest BCUT2D eigenvalue weighted by Crippen LogP contribution is 2.34. The number of carbonyl (C=O) groups excluding carboxylic acids is 1. The van der Waals surface area contributed by atoms with Gasteiger partial charge in [0, 0.05) is 30.7 Å². The zero-order valence-corrected chi connectivity index (χ0v) is 18.1. The molecule has 1 fully saturated rings. The summed E-state index contributed by atoms with van der Waals surface area (Å²) in [6, 6.07) is 8.85. The number of sulfonamides is 1. The first kappa shape index (κ1) is 22.5. The van der Waals surface area contributed by atoms with Crippen molar-refractivity contribution in [2.45, 2.75) is 49.7 Å². The summed E-state index contributed by atoms with van der Waals surface area (Å²) in [5.41, 5.74) is -0.153. The molecule has 30 heavy (non-hydrogen) atoms. The molecule has 1 aromatic carbocycles. The van der Waals surface area contributed by atoms with Gasteiger partial charge in [-0.25, -0.2) is 17.5 Å². The molecule has 2 N–H and O–H groups in total. The second kappa shape index (κ2) is 8.49. The Bertz CT molecular complexity index is 987. The number of benzene rings is 1. The Balaban J connectivity index is 1.74. The molecule has 2 aromatic rings. The molecule has 0 bridgehead atoms. The van der Waals surface area contributed by atoms with Crippen LogP contribution >= 0.6 is 0 Å². The predicted molar refractivity (Wildman–Crippen MR) is 109 cm³/mol. The van der Waals surface area contributed by atoms with Crippen molar-refractivity contribution in [1.29, 1.82) is 0 Å². The third-order valence-electron chi connectivity index (χ3n) is 5.00. The van der Waals surface area contributed by atoms with Crippen LogP contribution in [0.15, 0.2) is 45.9 Å². The number of hydrogen-bond acceptors (Lipinski definition) is 5. The minimum atomic E-state index is -3.87. The quantitative estimate of drug-likeness (QED) is 0.723. The standard InChI is InChI=1S/C21H27FN2O5S/c1-20(2,3)24-30(26,27)18-9-8-17(29-18)19(25)23-14-21(10-12-28-13-11-21)15-4-6-16(22)7-5-15/h4-9,24H,10-14H2,1-3H3,(H,23,25). The number of ether oxygens (including phenoxy) is 1. The van der Waals surface area contributed by atoms with Gasteiger partial charge in [0.2, 0.25) is 5.09 Å². The van der Waals surface area contributed by atoms with Gasteiger partial charge in [0.15, 0.2) is 5.76 Å². The Morgan fingerprint density at radius 1 is 1.10 bits per heavy atom. The highest BCUT2D eigenvalue weighted by atomic mass is 32.2. The fourth-order valence-corrected chi connectivity index (χ4v) is 4.86. The molecule has 1 aliphatic rings. The first-order valence-corrected chi connectivity index (χ1v) is 11.2. The summed E-state index contributed by atoms with van der Waals surface area (Å²) in [6.07, 6.45) is 1.35. The van der Waals surface area contributed by atoms with Crippen molar-refractivity contribution in [3.63, 3.8) is 0 Å². The van der Waals surface area contributed by atoms with E-state index in [0.29, 0.717) is 32.6 Å². The molecule has 0 saturated carbocycles. The lowest BCUT2D eigenvalue weighted by atomic mass is 9.74. The summed E-state index contributed by atoms with van der Waals surface area (Å²) < 4.78 is 51.4. The van der Waals surface area contributed by atoms with Crippen molar-refractivity contribution >= 4 is 15.9 Å². The monoisotopic (exact) mass is 438 g/mol. The number of carbonyl (C=O) groups is 1. The maximum Gasteiger partial charge on any atom is 0.287 e. The van der Waals surface area contributed by atoms with E-state index in [1.807, 2.05) is 0 Å². The smallest absolute Gasteiger partial charge is 0.287 e. The van der Waals surface area contributed by atoms with E-state index in [0.717, 1.165) is 5.56 Å². The molecule has 7 nitrogen and oxygen atoms in total. The number of amides is 1. The van der Waals surface area contributed by atoms with Crippen LogP contribution in [0.4, 0.5) is 4.39 Å². The molecule has 1 amide bonds. The van der Waals surface area contributed by atoms with E-state index in [1.165, 1.54) is 24.3 Å². The Kier molecular flexibility index (Phi) is 6.35. The van der Waals surface area contributed by atoms with Gasteiger partial charge in [-0.2, -0.15) is 0 Å². The molecule has 0 atom stereocenters. The van der Waals surface area contributed by atoms with Gasteiger partial charge in [0.05, 0.1) is 0 Å². The zero-order chi connectivity index (χ0) is 22.0. The van der Waals surface area contributed by atoms with Crippen molar-refractivity contribution in [2.75, 3.05) is 19.8 Å². The van der Waals surface area contributed by atoms with Gasteiger partial charge < -0.3 is 14.5 Å². The van der Waals surface area contributed by atoms with Gasteiger partial charge in [0.1, 0.15) is 5.82 Å². The van der Waals surface area contributed by atoms with Crippen molar-refractivity contribution < 1.29 is 26.8 Å². The Morgan fingerprint density at radius 3 is 2.33 bits per heavy atom. The van der Waals surface area contributed by atoms with Gasteiger partial charge in [-0.15, -0.1) is 0 Å². The van der Waals surface area contributed by atoms with Crippen LogP contribution in [0.3, 0.4) is 0 Å². The molecule has 0 unspecified atom stereocenters. The maximum atomic E-state index is 13.4. The van der Waals surface area contributed by atoms with Crippen molar-refractivity contribution in [3.05, 3.63) is 53.5 Å². The summed E-state index contributed by atoms with van der Waals surface area (Å²) in [4.78, 5) is 12.6. The van der Waals surface area contributed by atoms with Crippen LogP contribution in [0.2, 0.25) is 0 Å². The van der Waals surface area contributed by atoms with E-state index in [2.05, 4.69) is 10.0 Å². The van der Waals surface area contributed by atoms with E-state index in [1.54, 1.807) is 32.9 Å². The Hall–Kier alpha value is -2.23. The number of rotatable bonds is 6. The van der Waals surface area contributed by atoms with Gasteiger partial charge in [0.25, 0.3) is 15.9 Å². The summed E-state index contributed by atoms with van der Waals surface area (Å²) in [5, 5.41) is 2.52. The molecule has 3 rings (SSSR count). The highest BCUT2D eigenvalue weighted by molar-refractivity contribution is 7.89. The molecule has 2 heterocycles. The van der Waals surface area contributed by atoms with Crippen LogP contribution in [-0.2, 0) is 20.2 Å². The third-order valence-corrected chi connectivity index (χ3v) is 6.63. The van der Waals surface area contributed by atoms with E-state index < -0.39 is 26.9 Å². The predicted octanol–water partition coefficient (Wildman–Crippen LogP) is 2.97. The number of hydrogen-bond donors (Lipinski definition) is 2. The molecule has 9 heteroatoms. The van der Waals surface area contributed by atoms with Crippen LogP contribution in [0.1, 0.15) is 49.7 Å². The van der Waals surface area contributed by atoms with E-state index in [4.69, 9.17) is 9.15 Å². The average Bonchev–Trinajstić information content (AvgIpc) is 3.17. The molecular formula is C21H27FN2O5S. The normalized spacial score (nSPS) is 16.9. The summed E-state index contributed by atoms with van der Waals surface area (Å²) >= 11 is 0. The lowest BCUT2D eigenvalue weighted by Gasteiger charge is -2.37. The Morgan fingerprint density at radius 2 is 1.73 bits per heavy atom. The molecule has 0 aliphatic carbocycles. The highest BCUT2D eigenvalue weighted by Gasteiger charge is 2.35. The second-order valence-electron chi connectivity index (χ2n) is 8.56. The maximum absolute atomic E-state index is 13.4. The fraction of sp³-hybridized carbons (Fsp3) is 0.476.